The van der Waals surface area contributed by atoms with E-state index in [1.54, 1.807) is 30.1 Å². The Balaban J connectivity index is 2.05. The van der Waals surface area contributed by atoms with Gasteiger partial charge in [0.25, 0.3) is 0 Å². The Bertz CT molecular complexity index is 676. The Morgan fingerprint density at radius 1 is 1.13 bits per heavy atom. The molecule has 122 valence electrons. The molecule has 23 heavy (non-hydrogen) atoms. The largest absolute Gasteiger partial charge is 0.386 e. The summed E-state index contributed by atoms with van der Waals surface area (Å²) in [6.45, 7) is 1.82. The number of amides is 1. The lowest BCUT2D eigenvalue weighted by Crippen LogP contribution is -2.39. The molecule has 5 heteroatoms. The van der Waals surface area contributed by atoms with Crippen molar-refractivity contribution in [2.75, 3.05) is 7.05 Å². The highest BCUT2D eigenvalue weighted by molar-refractivity contribution is 6.42. The van der Waals surface area contributed by atoms with Gasteiger partial charge in [0, 0.05) is 7.05 Å². The second-order valence-electron chi connectivity index (χ2n) is 5.53. The first kappa shape index (κ1) is 17.8. The summed E-state index contributed by atoms with van der Waals surface area (Å²) in [5, 5.41) is 11.3. The fourth-order valence-electron chi connectivity index (χ4n) is 2.32. The average Bonchev–Trinajstić information content (AvgIpc) is 2.57. The molecule has 1 N–H and O–H groups in total. The van der Waals surface area contributed by atoms with Gasteiger partial charge in [-0.05, 0) is 30.2 Å². The molecule has 0 aromatic heterocycles. The highest BCUT2D eigenvalue weighted by Crippen LogP contribution is 2.24. The molecule has 0 aliphatic heterocycles. The minimum atomic E-state index is -0.737. The lowest BCUT2D eigenvalue weighted by atomic mass is 10.0. The van der Waals surface area contributed by atoms with Crippen LogP contribution in [0.3, 0.4) is 0 Å². The second-order valence-corrected chi connectivity index (χ2v) is 6.34. The summed E-state index contributed by atoms with van der Waals surface area (Å²) in [5.74, 6) is -0.0918. The number of carbonyl (C=O) groups excluding carboxylic acids is 1. The van der Waals surface area contributed by atoms with E-state index in [0.29, 0.717) is 10.0 Å². The minimum Gasteiger partial charge on any atom is -0.386 e. The maximum Gasteiger partial charge on any atom is 0.227 e. The predicted molar refractivity (Wildman–Crippen MR) is 93.8 cm³/mol. The summed E-state index contributed by atoms with van der Waals surface area (Å²) in [6, 6.07) is 14.1. The molecule has 2 aromatic rings. The van der Waals surface area contributed by atoms with Gasteiger partial charge in [0.2, 0.25) is 5.91 Å². The Labute approximate surface area is 146 Å². The van der Waals surface area contributed by atoms with Gasteiger partial charge in [-0.1, -0.05) is 59.6 Å². The van der Waals surface area contributed by atoms with Gasteiger partial charge in [0.1, 0.15) is 0 Å². The van der Waals surface area contributed by atoms with Crippen molar-refractivity contribution >= 4 is 29.1 Å². The third-order valence-electron chi connectivity index (χ3n) is 3.94. The van der Waals surface area contributed by atoms with E-state index >= 15 is 0 Å². The number of aliphatic hydroxyl groups is 1. The topological polar surface area (TPSA) is 40.5 Å². The van der Waals surface area contributed by atoms with Gasteiger partial charge in [-0.15, -0.1) is 0 Å². The molecule has 0 radical (unpaired) electrons. The van der Waals surface area contributed by atoms with E-state index in [-0.39, 0.29) is 18.4 Å². The van der Waals surface area contributed by atoms with Crippen molar-refractivity contribution in [2.24, 2.45) is 0 Å². The molecular weight excluding hydrogens is 333 g/mol. The number of hydrogen-bond donors (Lipinski definition) is 1. The van der Waals surface area contributed by atoms with Crippen molar-refractivity contribution in [3.63, 3.8) is 0 Å². The van der Waals surface area contributed by atoms with E-state index < -0.39 is 6.10 Å². The van der Waals surface area contributed by atoms with Crippen LogP contribution in [-0.2, 0) is 11.2 Å². The molecule has 0 fully saturated rings. The number of nitrogens with zero attached hydrogens (tertiary/aromatic N) is 1. The molecule has 2 atom stereocenters. The SMILES string of the molecule is C[C@@H]([C@@H](O)c1ccccc1)N(C)C(=O)Cc1ccc(Cl)c(Cl)c1. The molecular formula is C18H19Cl2NO2. The van der Waals surface area contributed by atoms with Crippen molar-refractivity contribution in [3.8, 4) is 0 Å². The van der Waals surface area contributed by atoms with Gasteiger partial charge in [-0.2, -0.15) is 0 Å². The number of benzene rings is 2. The summed E-state index contributed by atoms with van der Waals surface area (Å²) < 4.78 is 0. The molecule has 0 unspecified atom stereocenters. The van der Waals surface area contributed by atoms with Gasteiger partial charge >= 0.3 is 0 Å². The normalized spacial score (nSPS) is 13.4. The number of hydrogen-bond acceptors (Lipinski definition) is 2. The molecule has 1 amide bonds. The average molecular weight is 352 g/mol. The second kappa shape index (κ2) is 7.82. The first-order valence-electron chi connectivity index (χ1n) is 7.32. The molecule has 0 spiro atoms. The van der Waals surface area contributed by atoms with E-state index in [2.05, 4.69) is 0 Å². The van der Waals surface area contributed by atoms with Crippen LogP contribution in [0.4, 0.5) is 0 Å². The van der Waals surface area contributed by atoms with Crippen LogP contribution in [0.15, 0.2) is 48.5 Å². The molecule has 2 rings (SSSR count). The van der Waals surface area contributed by atoms with Gasteiger partial charge in [0.15, 0.2) is 0 Å². The Morgan fingerprint density at radius 2 is 1.78 bits per heavy atom. The van der Waals surface area contributed by atoms with E-state index in [1.165, 1.54) is 0 Å². The summed E-state index contributed by atoms with van der Waals surface area (Å²) >= 11 is 11.9. The lowest BCUT2D eigenvalue weighted by molar-refractivity contribution is -0.133. The standard InChI is InChI=1S/C18H19Cl2NO2/c1-12(18(23)14-6-4-3-5-7-14)21(2)17(22)11-13-8-9-15(19)16(20)10-13/h3-10,12,18,23H,11H2,1-2H3/t12-,18+/m0/s1. The Morgan fingerprint density at radius 3 is 2.39 bits per heavy atom. The fourth-order valence-corrected chi connectivity index (χ4v) is 2.64. The van der Waals surface area contributed by atoms with Crippen LogP contribution in [0.1, 0.15) is 24.2 Å². The van der Waals surface area contributed by atoms with Gasteiger partial charge in [-0.25, -0.2) is 0 Å². The number of likely N-dealkylation sites (N-methyl/N-ethyl adjacent to an activating group) is 1. The third kappa shape index (κ3) is 4.47. The van der Waals surface area contributed by atoms with Crippen LogP contribution in [0.25, 0.3) is 0 Å². The van der Waals surface area contributed by atoms with Crippen molar-refractivity contribution in [2.45, 2.75) is 25.5 Å². The van der Waals surface area contributed by atoms with Crippen LogP contribution < -0.4 is 0 Å². The van der Waals surface area contributed by atoms with E-state index in [1.807, 2.05) is 37.3 Å². The highest BCUT2D eigenvalue weighted by Gasteiger charge is 2.24. The highest BCUT2D eigenvalue weighted by atomic mass is 35.5. The van der Waals surface area contributed by atoms with Gasteiger partial charge < -0.3 is 10.0 Å². The zero-order valence-corrected chi connectivity index (χ0v) is 14.6. The first-order valence-corrected chi connectivity index (χ1v) is 8.08. The molecule has 0 saturated carbocycles. The fraction of sp³-hybridized carbons (Fsp3) is 0.278. The van der Waals surface area contributed by atoms with Crippen LogP contribution in [0, 0.1) is 0 Å². The number of halogens is 2. The van der Waals surface area contributed by atoms with Crippen LogP contribution in [-0.4, -0.2) is 29.0 Å². The van der Waals surface area contributed by atoms with E-state index in [0.717, 1.165) is 11.1 Å². The van der Waals surface area contributed by atoms with Crippen molar-refractivity contribution in [1.82, 2.24) is 4.90 Å². The van der Waals surface area contributed by atoms with E-state index in [9.17, 15) is 9.90 Å². The summed E-state index contributed by atoms with van der Waals surface area (Å²) in [4.78, 5) is 14.0. The zero-order chi connectivity index (χ0) is 17.0. The minimum absolute atomic E-state index is 0.0918. The van der Waals surface area contributed by atoms with Crippen molar-refractivity contribution in [3.05, 3.63) is 69.7 Å². The van der Waals surface area contributed by atoms with E-state index in [4.69, 9.17) is 23.2 Å². The third-order valence-corrected chi connectivity index (χ3v) is 4.68. The maximum absolute atomic E-state index is 12.4. The van der Waals surface area contributed by atoms with Gasteiger partial charge in [0.05, 0.1) is 28.6 Å². The van der Waals surface area contributed by atoms with Crippen LogP contribution in [0.5, 0.6) is 0 Å². The molecule has 0 aliphatic rings. The summed E-state index contributed by atoms with van der Waals surface area (Å²) in [6.07, 6.45) is -0.530. The number of carbonyl (C=O) groups is 1. The smallest absolute Gasteiger partial charge is 0.227 e. The number of aliphatic hydroxyl groups excluding tert-OH is 1. The predicted octanol–water partition coefficient (Wildman–Crippen LogP) is 4.12. The Kier molecular flexibility index (Phi) is 6.05. The summed E-state index contributed by atoms with van der Waals surface area (Å²) in [5.41, 5.74) is 1.58. The summed E-state index contributed by atoms with van der Waals surface area (Å²) in [7, 11) is 1.69. The van der Waals surface area contributed by atoms with Crippen LogP contribution in [0.2, 0.25) is 10.0 Å². The lowest BCUT2D eigenvalue weighted by Gasteiger charge is -2.29. The zero-order valence-electron chi connectivity index (χ0n) is 13.0. The molecule has 0 saturated heterocycles. The van der Waals surface area contributed by atoms with Crippen molar-refractivity contribution < 1.29 is 9.90 Å². The molecule has 3 nitrogen and oxygen atoms in total. The molecule has 0 bridgehead atoms. The van der Waals surface area contributed by atoms with Crippen LogP contribution >= 0.6 is 23.2 Å². The number of rotatable bonds is 5. The first-order chi connectivity index (χ1) is 10.9. The molecule has 0 heterocycles. The quantitative estimate of drug-likeness (QED) is 0.880. The molecule has 2 aromatic carbocycles. The van der Waals surface area contributed by atoms with Crippen molar-refractivity contribution in [1.29, 1.82) is 0 Å². The molecule has 0 aliphatic carbocycles. The monoisotopic (exact) mass is 351 g/mol. The van der Waals surface area contributed by atoms with Gasteiger partial charge in [-0.3, -0.25) is 4.79 Å². The maximum atomic E-state index is 12.4. The Hall–Kier alpha value is -1.55.